The molecule has 6 nitrogen and oxygen atoms in total. The SMILES string of the molecule is O=C(Sc1nc2ccccc2s1)C(=NOC(c1ccccc1)(c1ccccc1)c1ccccc1)c1nc(NC(c2ccccc2)(c2ccccc2)c2ccccc2)sc1Cl. The van der Waals surface area contributed by atoms with E-state index in [-0.39, 0.29) is 15.7 Å². The molecule has 0 atom stereocenters. The fourth-order valence-corrected chi connectivity index (χ4v) is 10.4. The van der Waals surface area contributed by atoms with Crippen LogP contribution in [0.1, 0.15) is 39.1 Å². The third-order valence-electron chi connectivity index (χ3n) is 10.2. The molecule has 292 valence electrons. The molecule has 0 aliphatic carbocycles. The lowest BCUT2D eigenvalue weighted by atomic mass is 9.77. The summed E-state index contributed by atoms with van der Waals surface area (Å²) < 4.78 is 1.80. The van der Waals surface area contributed by atoms with E-state index in [0.29, 0.717) is 9.47 Å². The number of para-hydroxylation sites is 1. The van der Waals surface area contributed by atoms with E-state index >= 15 is 0 Å². The summed E-state index contributed by atoms with van der Waals surface area (Å²) in [6.45, 7) is 0. The Kier molecular flexibility index (Phi) is 11.4. The van der Waals surface area contributed by atoms with Crippen LogP contribution < -0.4 is 5.32 Å². The van der Waals surface area contributed by atoms with Gasteiger partial charge in [-0.1, -0.05) is 222 Å². The quantitative estimate of drug-likeness (QED) is 0.0539. The molecule has 0 radical (unpaired) electrons. The van der Waals surface area contributed by atoms with E-state index in [9.17, 15) is 4.79 Å². The Morgan fingerprint density at radius 1 is 0.550 bits per heavy atom. The van der Waals surface area contributed by atoms with Crippen molar-refractivity contribution < 1.29 is 9.63 Å². The van der Waals surface area contributed by atoms with Crippen molar-refractivity contribution in [2.24, 2.45) is 5.16 Å². The molecule has 0 saturated carbocycles. The number of nitrogens with one attached hydrogen (secondary N) is 1. The van der Waals surface area contributed by atoms with Gasteiger partial charge in [-0.05, 0) is 40.6 Å². The van der Waals surface area contributed by atoms with E-state index in [1.807, 2.05) is 170 Å². The molecule has 60 heavy (non-hydrogen) atoms. The monoisotopic (exact) mass is 854 g/mol. The van der Waals surface area contributed by atoms with E-state index in [0.717, 1.165) is 55.4 Å². The number of aromatic nitrogens is 2. The first-order valence-electron chi connectivity index (χ1n) is 19.2. The minimum absolute atomic E-state index is 0.0505. The van der Waals surface area contributed by atoms with Gasteiger partial charge in [-0.25, -0.2) is 9.97 Å². The van der Waals surface area contributed by atoms with Crippen LogP contribution in [0.3, 0.4) is 0 Å². The van der Waals surface area contributed by atoms with Crippen LogP contribution in [0.4, 0.5) is 5.13 Å². The molecule has 7 aromatic carbocycles. The third-order valence-corrected chi connectivity index (χ3v) is 13.3. The maximum Gasteiger partial charge on any atom is 0.250 e. The highest BCUT2D eigenvalue weighted by Gasteiger charge is 2.41. The molecule has 0 fully saturated rings. The number of carbonyl (C=O) groups is 1. The number of anilines is 1. The minimum atomic E-state index is -1.26. The summed E-state index contributed by atoms with van der Waals surface area (Å²) in [7, 11) is 0. The highest BCUT2D eigenvalue weighted by molar-refractivity contribution is 8.16. The molecule has 0 aliphatic heterocycles. The normalized spacial score (nSPS) is 12.0. The zero-order valence-corrected chi connectivity index (χ0v) is 35.1. The fourth-order valence-electron chi connectivity index (χ4n) is 7.43. The van der Waals surface area contributed by atoms with Crippen LogP contribution in [-0.2, 0) is 20.8 Å². The second-order valence-electron chi connectivity index (χ2n) is 13.8. The maximum atomic E-state index is 14.8. The van der Waals surface area contributed by atoms with Crippen molar-refractivity contribution in [3.63, 3.8) is 0 Å². The number of benzene rings is 7. The zero-order chi connectivity index (χ0) is 40.8. The van der Waals surface area contributed by atoms with Gasteiger partial charge in [-0.3, -0.25) is 4.79 Å². The van der Waals surface area contributed by atoms with E-state index < -0.39 is 16.3 Å². The Morgan fingerprint density at radius 2 is 0.967 bits per heavy atom. The predicted octanol–water partition coefficient (Wildman–Crippen LogP) is 12.8. The highest BCUT2D eigenvalue weighted by atomic mass is 35.5. The number of halogens is 1. The topological polar surface area (TPSA) is 76.5 Å². The van der Waals surface area contributed by atoms with Crippen molar-refractivity contribution in [2.75, 3.05) is 5.32 Å². The standard InChI is InChI=1S/C50H35ClN4O2S3/c51-45-43(53-47(59-45)54-49(35-21-7-1-8-22-35,36-23-9-2-10-24-36)37-25-11-3-12-26-37)44(46(56)60-48-52-41-33-19-20-34-42(41)58-48)55-57-50(38-27-13-4-14-28-38,39-29-15-5-16-30-39)40-31-17-6-18-32-40/h1-34H,(H,53,54). The lowest BCUT2D eigenvalue weighted by Gasteiger charge is -2.36. The van der Waals surface area contributed by atoms with Gasteiger partial charge in [-0.15, -0.1) is 11.3 Å². The molecule has 0 aliphatic rings. The van der Waals surface area contributed by atoms with Gasteiger partial charge in [-0.2, -0.15) is 0 Å². The lowest BCUT2D eigenvalue weighted by Crippen LogP contribution is -2.38. The number of rotatable bonds is 13. The van der Waals surface area contributed by atoms with Gasteiger partial charge < -0.3 is 10.2 Å². The van der Waals surface area contributed by atoms with Gasteiger partial charge in [0, 0.05) is 16.7 Å². The molecule has 2 heterocycles. The first-order valence-corrected chi connectivity index (χ1v) is 22.0. The average Bonchev–Trinajstić information content (AvgIpc) is 3.90. The van der Waals surface area contributed by atoms with Crippen molar-refractivity contribution in [3.05, 3.63) is 250 Å². The second kappa shape index (κ2) is 17.5. The van der Waals surface area contributed by atoms with Crippen molar-refractivity contribution in [3.8, 4) is 0 Å². The van der Waals surface area contributed by atoms with Crippen LogP contribution in [0.5, 0.6) is 0 Å². The first kappa shape index (κ1) is 39.1. The molecule has 9 aromatic rings. The Labute approximate surface area is 365 Å². The Hall–Kier alpha value is -6.36. The van der Waals surface area contributed by atoms with Crippen molar-refractivity contribution in [2.45, 2.75) is 15.5 Å². The third kappa shape index (κ3) is 7.64. The van der Waals surface area contributed by atoms with Gasteiger partial charge in [0.15, 0.2) is 15.2 Å². The van der Waals surface area contributed by atoms with Crippen LogP contribution in [0.25, 0.3) is 10.2 Å². The molecule has 2 aromatic heterocycles. The van der Waals surface area contributed by atoms with E-state index in [2.05, 4.69) is 41.7 Å². The molecule has 0 spiro atoms. The largest absolute Gasteiger partial charge is 0.374 e. The minimum Gasteiger partial charge on any atom is -0.374 e. The smallest absolute Gasteiger partial charge is 0.250 e. The fraction of sp³-hybridized carbons (Fsp3) is 0.0400. The number of thiazole rings is 2. The van der Waals surface area contributed by atoms with Crippen molar-refractivity contribution in [1.29, 1.82) is 0 Å². The molecule has 0 amide bonds. The number of thioether (sulfide) groups is 1. The van der Waals surface area contributed by atoms with Crippen LogP contribution in [-0.4, -0.2) is 20.8 Å². The zero-order valence-electron chi connectivity index (χ0n) is 31.9. The van der Waals surface area contributed by atoms with E-state index in [1.165, 1.54) is 22.7 Å². The molecular weight excluding hydrogens is 820 g/mol. The molecule has 0 unspecified atom stereocenters. The maximum absolute atomic E-state index is 14.8. The highest BCUT2D eigenvalue weighted by Crippen LogP contribution is 2.44. The van der Waals surface area contributed by atoms with Gasteiger partial charge >= 0.3 is 0 Å². The van der Waals surface area contributed by atoms with Crippen molar-refractivity contribution in [1.82, 2.24) is 9.97 Å². The summed E-state index contributed by atoms with van der Waals surface area (Å²) in [5.41, 5.74) is 4.24. The molecule has 10 heteroatoms. The molecule has 0 saturated heterocycles. The lowest BCUT2D eigenvalue weighted by molar-refractivity contribution is -0.105. The van der Waals surface area contributed by atoms with Crippen LogP contribution in [0.15, 0.2) is 216 Å². The number of nitrogens with zero attached hydrogens (tertiary/aromatic N) is 3. The number of carbonyl (C=O) groups excluding carboxylic acids is 1. The summed E-state index contributed by atoms with van der Waals surface area (Å²) >= 11 is 10.9. The van der Waals surface area contributed by atoms with Crippen LogP contribution >= 0.6 is 46.0 Å². The predicted molar refractivity (Wildman–Crippen MR) is 247 cm³/mol. The second-order valence-corrected chi connectivity index (χ2v) is 17.6. The molecule has 0 bridgehead atoms. The van der Waals surface area contributed by atoms with Gasteiger partial charge in [0.05, 0.1) is 10.2 Å². The summed E-state index contributed by atoms with van der Waals surface area (Å²) in [4.78, 5) is 31.6. The van der Waals surface area contributed by atoms with E-state index in [1.54, 1.807) is 0 Å². The average molecular weight is 856 g/mol. The number of oxime groups is 1. The number of fused-ring (bicyclic) bond motifs is 1. The number of hydrogen-bond donors (Lipinski definition) is 1. The van der Waals surface area contributed by atoms with Gasteiger partial charge in [0.25, 0.3) is 0 Å². The van der Waals surface area contributed by atoms with E-state index in [4.69, 9.17) is 31.6 Å². The van der Waals surface area contributed by atoms with Crippen LogP contribution in [0, 0.1) is 0 Å². The summed E-state index contributed by atoms with van der Waals surface area (Å²) in [5, 5.41) is 8.72. The molecular formula is C50H35ClN4O2S3. The van der Waals surface area contributed by atoms with Crippen molar-refractivity contribution >= 4 is 72.2 Å². The Bertz CT molecular complexity index is 2650. The van der Waals surface area contributed by atoms with Gasteiger partial charge in [0.2, 0.25) is 10.7 Å². The summed E-state index contributed by atoms with van der Waals surface area (Å²) in [6, 6.07) is 68.2. The molecule has 1 N–H and O–H groups in total. The first-order chi connectivity index (χ1) is 29.5. The Morgan fingerprint density at radius 3 is 1.42 bits per heavy atom. The molecule has 9 rings (SSSR count). The summed E-state index contributed by atoms with van der Waals surface area (Å²) in [6.07, 6.45) is 0. The van der Waals surface area contributed by atoms with Crippen LogP contribution in [0.2, 0.25) is 4.34 Å². The van der Waals surface area contributed by atoms with Gasteiger partial charge in [0.1, 0.15) is 15.6 Å². The Balaban J connectivity index is 1.21. The summed E-state index contributed by atoms with van der Waals surface area (Å²) in [5.74, 6) is 0. The number of hydrogen-bond acceptors (Lipinski definition) is 9.